The lowest BCUT2D eigenvalue weighted by molar-refractivity contribution is -0.142. The zero-order valence-electron chi connectivity index (χ0n) is 15.5. The molecule has 0 spiro atoms. The average molecular weight is 397 g/mol. The van der Waals surface area contributed by atoms with Gasteiger partial charge in [0.1, 0.15) is 5.82 Å². The number of methoxy groups -OCH3 is 1. The summed E-state index contributed by atoms with van der Waals surface area (Å²) in [4.78, 5) is 26.4. The average Bonchev–Trinajstić information content (AvgIpc) is 3.38. The van der Waals surface area contributed by atoms with Gasteiger partial charge in [0.2, 0.25) is 5.91 Å². The molecule has 0 radical (unpaired) electrons. The maximum atomic E-state index is 13.1. The normalized spacial score (nSPS) is 22.6. The first-order chi connectivity index (χ1) is 13.0. The molecule has 1 amide bonds. The van der Waals surface area contributed by atoms with Crippen molar-refractivity contribution < 1.29 is 18.7 Å². The molecule has 3 rings (SSSR count). The standard InChI is InChI=1S/C20H26ClFN2O3/c1-27-20(26)10-16-6-7-17(24(16)12-13-2-3-13)11-23-19(25)8-14-4-5-15(22)9-18(14)21/h4-5,9,13,16-17H,2-3,6-8,10-12H2,1H3,(H,23,25)/t16-,17+/m1/s1. The SMILES string of the molecule is COC(=O)C[C@H]1CC[C@@H](CNC(=O)Cc2ccc(F)cc2Cl)N1CC1CC1. The largest absolute Gasteiger partial charge is 0.469 e. The Kier molecular flexibility index (Phi) is 6.71. The molecule has 0 bridgehead atoms. The molecule has 1 heterocycles. The van der Waals surface area contributed by atoms with Crippen molar-refractivity contribution >= 4 is 23.5 Å². The van der Waals surface area contributed by atoms with Crippen LogP contribution in [0.2, 0.25) is 5.02 Å². The third kappa shape index (κ3) is 5.66. The van der Waals surface area contributed by atoms with E-state index in [2.05, 4.69) is 10.2 Å². The summed E-state index contributed by atoms with van der Waals surface area (Å²) in [6, 6.07) is 4.48. The predicted octanol–water partition coefficient (Wildman–Crippen LogP) is 2.94. The molecule has 1 saturated carbocycles. The fourth-order valence-electron chi connectivity index (χ4n) is 3.76. The first-order valence-corrected chi connectivity index (χ1v) is 9.87. The molecular formula is C20H26ClFN2O3. The van der Waals surface area contributed by atoms with E-state index >= 15 is 0 Å². The van der Waals surface area contributed by atoms with Crippen LogP contribution < -0.4 is 5.32 Å². The lowest BCUT2D eigenvalue weighted by Gasteiger charge is -2.30. The van der Waals surface area contributed by atoms with Crippen LogP contribution in [-0.4, -0.2) is 49.1 Å². The monoisotopic (exact) mass is 396 g/mol. The molecule has 1 aromatic rings. The topological polar surface area (TPSA) is 58.6 Å². The van der Waals surface area contributed by atoms with Crippen LogP contribution in [0.25, 0.3) is 0 Å². The molecule has 27 heavy (non-hydrogen) atoms. The highest BCUT2D eigenvalue weighted by molar-refractivity contribution is 6.31. The highest BCUT2D eigenvalue weighted by Crippen LogP contribution is 2.35. The number of esters is 1. The molecule has 2 atom stereocenters. The van der Waals surface area contributed by atoms with E-state index < -0.39 is 5.82 Å². The van der Waals surface area contributed by atoms with Crippen LogP contribution in [0.15, 0.2) is 18.2 Å². The number of amides is 1. The van der Waals surface area contributed by atoms with Crippen LogP contribution in [0.3, 0.4) is 0 Å². The summed E-state index contributed by atoms with van der Waals surface area (Å²) in [5, 5.41) is 3.24. The number of nitrogens with zero attached hydrogens (tertiary/aromatic N) is 1. The van der Waals surface area contributed by atoms with Gasteiger partial charge in [0.15, 0.2) is 0 Å². The van der Waals surface area contributed by atoms with Gasteiger partial charge >= 0.3 is 5.97 Å². The Morgan fingerprint density at radius 1 is 1.26 bits per heavy atom. The Hall–Kier alpha value is -1.66. The van der Waals surface area contributed by atoms with Crippen molar-refractivity contribution in [1.29, 1.82) is 0 Å². The van der Waals surface area contributed by atoms with Crippen LogP contribution in [0, 0.1) is 11.7 Å². The van der Waals surface area contributed by atoms with E-state index in [-0.39, 0.29) is 35.4 Å². The van der Waals surface area contributed by atoms with Gasteiger partial charge in [-0.15, -0.1) is 0 Å². The smallest absolute Gasteiger partial charge is 0.307 e. The van der Waals surface area contributed by atoms with E-state index in [1.807, 2.05) is 0 Å². The molecule has 1 aliphatic carbocycles. The second-order valence-electron chi connectivity index (χ2n) is 7.52. The van der Waals surface area contributed by atoms with Crippen LogP contribution >= 0.6 is 11.6 Å². The molecule has 1 saturated heterocycles. The van der Waals surface area contributed by atoms with Gasteiger partial charge in [0.25, 0.3) is 0 Å². The number of ether oxygens (including phenoxy) is 1. The highest BCUT2D eigenvalue weighted by Gasteiger charge is 2.38. The summed E-state index contributed by atoms with van der Waals surface area (Å²) >= 11 is 6.00. The molecule has 1 aromatic carbocycles. The van der Waals surface area contributed by atoms with E-state index in [9.17, 15) is 14.0 Å². The Morgan fingerprint density at radius 3 is 2.67 bits per heavy atom. The first-order valence-electron chi connectivity index (χ1n) is 9.49. The third-order valence-electron chi connectivity index (χ3n) is 5.47. The molecule has 1 N–H and O–H groups in total. The van der Waals surface area contributed by atoms with Crippen LogP contribution in [0.5, 0.6) is 0 Å². The second-order valence-corrected chi connectivity index (χ2v) is 7.93. The van der Waals surface area contributed by atoms with Gasteiger partial charge in [-0.2, -0.15) is 0 Å². The number of rotatable bonds is 8. The molecule has 5 nitrogen and oxygen atoms in total. The van der Waals surface area contributed by atoms with Crippen molar-refractivity contribution in [2.24, 2.45) is 5.92 Å². The van der Waals surface area contributed by atoms with Crippen LogP contribution in [0.1, 0.15) is 37.7 Å². The molecule has 2 fully saturated rings. The number of carbonyl (C=O) groups is 2. The summed E-state index contributed by atoms with van der Waals surface area (Å²) in [6.07, 6.45) is 4.89. The lowest BCUT2D eigenvalue weighted by Crippen LogP contribution is -2.45. The maximum absolute atomic E-state index is 13.1. The predicted molar refractivity (Wildman–Crippen MR) is 101 cm³/mol. The van der Waals surface area contributed by atoms with Crippen LogP contribution in [-0.2, 0) is 20.7 Å². The van der Waals surface area contributed by atoms with Gasteiger partial charge in [-0.1, -0.05) is 17.7 Å². The number of nitrogens with one attached hydrogen (secondary N) is 1. The number of hydrogen-bond donors (Lipinski definition) is 1. The number of hydrogen-bond acceptors (Lipinski definition) is 4. The molecule has 0 unspecified atom stereocenters. The lowest BCUT2D eigenvalue weighted by atomic mass is 10.1. The van der Waals surface area contributed by atoms with Gasteiger partial charge in [-0.05, 0) is 49.3 Å². The summed E-state index contributed by atoms with van der Waals surface area (Å²) in [6.45, 7) is 1.52. The Labute approximate surface area is 164 Å². The minimum absolute atomic E-state index is 0.125. The molecular weight excluding hydrogens is 371 g/mol. The van der Waals surface area contributed by atoms with Crippen molar-refractivity contribution in [3.05, 3.63) is 34.6 Å². The van der Waals surface area contributed by atoms with E-state index in [1.165, 1.54) is 32.1 Å². The minimum Gasteiger partial charge on any atom is -0.469 e. The van der Waals surface area contributed by atoms with Gasteiger partial charge in [-0.25, -0.2) is 4.39 Å². The van der Waals surface area contributed by atoms with E-state index in [4.69, 9.17) is 16.3 Å². The van der Waals surface area contributed by atoms with E-state index in [0.29, 0.717) is 24.4 Å². The Bertz CT molecular complexity index is 696. The second kappa shape index (κ2) is 9.02. The third-order valence-corrected chi connectivity index (χ3v) is 5.82. The molecule has 2 aliphatic rings. The number of likely N-dealkylation sites (tertiary alicyclic amines) is 1. The Morgan fingerprint density at radius 2 is 2.00 bits per heavy atom. The zero-order chi connectivity index (χ0) is 19.4. The highest BCUT2D eigenvalue weighted by atomic mass is 35.5. The summed E-state index contributed by atoms with van der Waals surface area (Å²) in [5.74, 6) is -0.0234. The summed E-state index contributed by atoms with van der Waals surface area (Å²) in [5.41, 5.74) is 0.611. The number of benzene rings is 1. The first kappa shape index (κ1) is 20.1. The fraction of sp³-hybridized carbons (Fsp3) is 0.600. The van der Waals surface area contributed by atoms with Gasteiger partial charge in [0.05, 0.1) is 20.0 Å². The van der Waals surface area contributed by atoms with Crippen molar-refractivity contribution in [3.63, 3.8) is 0 Å². The van der Waals surface area contributed by atoms with Crippen molar-refractivity contribution in [3.8, 4) is 0 Å². The molecule has 148 valence electrons. The minimum atomic E-state index is -0.414. The van der Waals surface area contributed by atoms with E-state index in [1.54, 1.807) is 6.07 Å². The number of carbonyl (C=O) groups excluding carboxylic acids is 2. The quantitative estimate of drug-likeness (QED) is 0.686. The zero-order valence-corrected chi connectivity index (χ0v) is 16.3. The maximum Gasteiger partial charge on any atom is 0.307 e. The van der Waals surface area contributed by atoms with Gasteiger partial charge in [0, 0.05) is 30.2 Å². The molecule has 1 aliphatic heterocycles. The van der Waals surface area contributed by atoms with Crippen molar-refractivity contribution in [1.82, 2.24) is 10.2 Å². The number of halogens is 2. The van der Waals surface area contributed by atoms with Crippen molar-refractivity contribution in [2.45, 2.75) is 50.6 Å². The molecule has 7 heteroatoms. The van der Waals surface area contributed by atoms with Gasteiger partial charge in [-0.3, -0.25) is 14.5 Å². The fourth-order valence-corrected chi connectivity index (χ4v) is 3.99. The van der Waals surface area contributed by atoms with Crippen LogP contribution in [0.4, 0.5) is 4.39 Å². The van der Waals surface area contributed by atoms with E-state index in [0.717, 1.165) is 19.4 Å². The Balaban J connectivity index is 1.53. The summed E-state index contributed by atoms with van der Waals surface area (Å²) < 4.78 is 17.9. The van der Waals surface area contributed by atoms with Crippen molar-refractivity contribution in [2.75, 3.05) is 20.2 Å². The molecule has 0 aromatic heterocycles. The summed E-state index contributed by atoms with van der Waals surface area (Å²) in [7, 11) is 1.42. The van der Waals surface area contributed by atoms with Gasteiger partial charge < -0.3 is 10.1 Å².